The number of rotatable bonds is 4. The van der Waals surface area contributed by atoms with Crippen LogP contribution in [0.15, 0.2) is 4.52 Å². The van der Waals surface area contributed by atoms with Crippen molar-refractivity contribution in [3.8, 4) is 0 Å². The maximum atomic E-state index is 12.0. The molecule has 0 aliphatic carbocycles. The summed E-state index contributed by atoms with van der Waals surface area (Å²) in [6, 6.07) is 0.520. The van der Waals surface area contributed by atoms with Gasteiger partial charge in [0.15, 0.2) is 0 Å². The molecule has 20 heavy (non-hydrogen) atoms. The third kappa shape index (κ3) is 2.83. The van der Waals surface area contributed by atoms with Crippen molar-refractivity contribution in [2.24, 2.45) is 0 Å². The molecule has 0 radical (unpaired) electrons. The molecular formula is C13H21N5O2. The van der Waals surface area contributed by atoms with Gasteiger partial charge in [-0.2, -0.15) is 4.98 Å². The van der Waals surface area contributed by atoms with Crippen LogP contribution in [0.4, 0.5) is 0 Å². The largest absolute Gasteiger partial charge is 0.348 e. The molecule has 0 aromatic carbocycles. The zero-order valence-corrected chi connectivity index (χ0v) is 11.8. The molecule has 2 fully saturated rings. The average Bonchev–Trinajstić information content (AvgIpc) is 3.17. The van der Waals surface area contributed by atoms with Crippen LogP contribution >= 0.6 is 0 Å². The van der Waals surface area contributed by atoms with E-state index in [2.05, 4.69) is 32.7 Å². The fraction of sp³-hybridized carbons (Fsp3) is 0.769. The number of aromatic nitrogens is 2. The number of likely N-dealkylation sites (N-methyl/N-ethyl adjacent to an activating group) is 1. The van der Waals surface area contributed by atoms with Gasteiger partial charge in [0.1, 0.15) is 0 Å². The second-order valence-corrected chi connectivity index (χ2v) is 5.59. The number of hydrogen-bond acceptors (Lipinski definition) is 6. The first-order valence-corrected chi connectivity index (χ1v) is 7.29. The molecule has 110 valence electrons. The van der Waals surface area contributed by atoms with Crippen LogP contribution in [0, 0.1) is 0 Å². The van der Waals surface area contributed by atoms with E-state index in [1.807, 2.05) is 0 Å². The van der Waals surface area contributed by atoms with Gasteiger partial charge in [-0.15, -0.1) is 0 Å². The third-order valence-corrected chi connectivity index (χ3v) is 4.17. The molecule has 2 unspecified atom stereocenters. The van der Waals surface area contributed by atoms with E-state index in [4.69, 9.17) is 4.52 Å². The van der Waals surface area contributed by atoms with E-state index in [9.17, 15) is 4.79 Å². The topological polar surface area (TPSA) is 83.3 Å². The molecule has 2 aliphatic heterocycles. The SMILES string of the molecule is CN1CCCC1CNC(=O)c1noc(C2CCCN2)n1. The lowest BCUT2D eigenvalue weighted by Gasteiger charge is -2.18. The molecule has 2 atom stereocenters. The maximum Gasteiger partial charge on any atom is 0.292 e. The van der Waals surface area contributed by atoms with Crippen LogP contribution in [-0.2, 0) is 0 Å². The molecule has 7 nitrogen and oxygen atoms in total. The third-order valence-electron chi connectivity index (χ3n) is 4.17. The highest BCUT2D eigenvalue weighted by molar-refractivity contribution is 5.90. The lowest BCUT2D eigenvalue weighted by atomic mass is 10.2. The summed E-state index contributed by atoms with van der Waals surface area (Å²) in [4.78, 5) is 18.5. The van der Waals surface area contributed by atoms with Crippen molar-refractivity contribution in [1.29, 1.82) is 0 Å². The lowest BCUT2D eigenvalue weighted by Crippen LogP contribution is -2.38. The molecule has 2 saturated heterocycles. The van der Waals surface area contributed by atoms with E-state index >= 15 is 0 Å². The summed E-state index contributed by atoms with van der Waals surface area (Å²) in [5, 5.41) is 9.94. The molecule has 2 N–H and O–H groups in total. The lowest BCUT2D eigenvalue weighted by molar-refractivity contribution is 0.0930. The minimum absolute atomic E-state index is 0.102. The predicted molar refractivity (Wildman–Crippen MR) is 72.3 cm³/mol. The van der Waals surface area contributed by atoms with Gasteiger partial charge in [0.25, 0.3) is 11.7 Å². The van der Waals surface area contributed by atoms with Gasteiger partial charge in [-0.25, -0.2) is 0 Å². The van der Waals surface area contributed by atoms with E-state index in [0.717, 1.165) is 32.4 Å². The Kier molecular flexibility index (Phi) is 3.98. The second-order valence-electron chi connectivity index (χ2n) is 5.59. The normalized spacial score (nSPS) is 27.1. The van der Waals surface area contributed by atoms with Crippen LogP contribution in [0.2, 0.25) is 0 Å². The van der Waals surface area contributed by atoms with Crippen molar-refractivity contribution >= 4 is 5.91 Å². The number of carbonyl (C=O) groups is 1. The number of hydrogen-bond donors (Lipinski definition) is 2. The van der Waals surface area contributed by atoms with E-state index < -0.39 is 0 Å². The first kappa shape index (κ1) is 13.5. The second kappa shape index (κ2) is 5.88. The summed E-state index contributed by atoms with van der Waals surface area (Å²) in [6.07, 6.45) is 4.40. The van der Waals surface area contributed by atoms with Crippen molar-refractivity contribution in [2.75, 3.05) is 26.7 Å². The van der Waals surface area contributed by atoms with E-state index in [1.54, 1.807) is 0 Å². The van der Waals surface area contributed by atoms with Crippen molar-refractivity contribution in [2.45, 2.75) is 37.8 Å². The van der Waals surface area contributed by atoms with Crippen LogP contribution < -0.4 is 10.6 Å². The average molecular weight is 279 g/mol. The summed E-state index contributed by atoms with van der Waals surface area (Å²) < 4.78 is 5.17. The Morgan fingerprint density at radius 2 is 2.40 bits per heavy atom. The van der Waals surface area contributed by atoms with E-state index in [1.165, 1.54) is 6.42 Å². The van der Waals surface area contributed by atoms with Crippen LogP contribution in [0.25, 0.3) is 0 Å². The zero-order valence-electron chi connectivity index (χ0n) is 11.8. The van der Waals surface area contributed by atoms with Crippen LogP contribution in [0.3, 0.4) is 0 Å². The molecule has 3 rings (SSSR count). The van der Waals surface area contributed by atoms with Gasteiger partial charge in [0.2, 0.25) is 5.89 Å². The highest BCUT2D eigenvalue weighted by atomic mass is 16.5. The van der Waals surface area contributed by atoms with Gasteiger partial charge in [-0.1, -0.05) is 5.16 Å². The summed E-state index contributed by atoms with van der Waals surface area (Å²) >= 11 is 0. The summed E-state index contributed by atoms with van der Waals surface area (Å²) in [7, 11) is 2.09. The number of nitrogens with zero attached hydrogens (tertiary/aromatic N) is 3. The first-order valence-electron chi connectivity index (χ1n) is 7.29. The molecule has 2 aliphatic rings. The number of likely N-dealkylation sites (tertiary alicyclic amines) is 1. The minimum atomic E-state index is -0.252. The highest BCUT2D eigenvalue weighted by Gasteiger charge is 2.25. The standard InChI is InChI=1S/C13H21N5O2/c1-18-7-3-4-9(18)8-15-12(19)11-16-13(20-17-11)10-5-2-6-14-10/h9-10,14H,2-8H2,1H3,(H,15,19). The molecule has 0 spiro atoms. The fourth-order valence-corrected chi connectivity index (χ4v) is 2.89. The van der Waals surface area contributed by atoms with Gasteiger partial charge in [-0.3, -0.25) is 4.79 Å². The summed E-state index contributed by atoms with van der Waals surface area (Å²) in [5.41, 5.74) is 0. The van der Waals surface area contributed by atoms with Crippen LogP contribution in [0.5, 0.6) is 0 Å². The minimum Gasteiger partial charge on any atom is -0.348 e. The van der Waals surface area contributed by atoms with Gasteiger partial charge < -0.3 is 20.1 Å². The summed E-state index contributed by atoms with van der Waals surface area (Å²) in [6.45, 7) is 2.70. The maximum absolute atomic E-state index is 12.0. The van der Waals surface area contributed by atoms with Gasteiger partial charge in [0, 0.05) is 12.6 Å². The molecule has 1 aromatic rings. The molecule has 0 bridgehead atoms. The van der Waals surface area contributed by atoms with Crippen molar-refractivity contribution < 1.29 is 9.32 Å². The molecule has 3 heterocycles. The number of carbonyl (C=O) groups excluding carboxylic acids is 1. The molecule has 1 amide bonds. The van der Waals surface area contributed by atoms with Crippen molar-refractivity contribution in [3.05, 3.63) is 11.7 Å². The zero-order chi connectivity index (χ0) is 13.9. The predicted octanol–water partition coefficient (Wildman–Crippen LogP) is 0.318. The Balaban J connectivity index is 1.54. The Morgan fingerprint density at radius 1 is 1.50 bits per heavy atom. The monoisotopic (exact) mass is 279 g/mol. The van der Waals surface area contributed by atoms with Crippen molar-refractivity contribution in [1.82, 2.24) is 25.7 Å². The number of nitrogens with one attached hydrogen (secondary N) is 2. The molecule has 7 heteroatoms. The number of amides is 1. The van der Waals surface area contributed by atoms with E-state index in [-0.39, 0.29) is 17.8 Å². The van der Waals surface area contributed by atoms with Gasteiger partial charge in [-0.05, 0) is 45.8 Å². The Labute approximate surface area is 118 Å². The first-order chi connectivity index (χ1) is 9.74. The fourth-order valence-electron chi connectivity index (χ4n) is 2.89. The van der Waals surface area contributed by atoms with Gasteiger partial charge in [0.05, 0.1) is 6.04 Å². The Bertz CT molecular complexity index is 469. The molecular weight excluding hydrogens is 258 g/mol. The highest BCUT2D eigenvalue weighted by Crippen LogP contribution is 2.21. The quantitative estimate of drug-likeness (QED) is 0.826. The van der Waals surface area contributed by atoms with Crippen molar-refractivity contribution in [3.63, 3.8) is 0 Å². The van der Waals surface area contributed by atoms with Gasteiger partial charge >= 0.3 is 0 Å². The Hall–Kier alpha value is -1.47. The van der Waals surface area contributed by atoms with E-state index in [0.29, 0.717) is 18.5 Å². The molecule has 1 aromatic heterocycles. The summed E-state index contributed by atoms with van der Waals surface area (Å²) in [5.74, 6) is 0.401. The van der Waals surface area contributed by atoms with Crippen LogP contribution in [0.1, 0.15) is 48.2 Å². The smallest absolute Gasteiger partial charge is 0.292 e. The Morgan fingerprint density at radius 3 is 3.10 bits per heavy atom. The van der Waals surface area contributed by atoms with Crippen LogP contribution in [-0.4, -0.2) is 53.7 Å². The molecule has 0 saturated carbocycles.